The Morgan fingerprint density at radius 2 is 2.27 bits per heavy atom. The van der Waals surface area contributed by atoms with E-state index in [2.05, 4.69) is 22.2 Å². The molecule has 114 valence electrons. The van der Waals surface area contributed by atoms with E-state index in [1.807, 2.05) is 24.3 Å². The van der Waals surface area contributed by atoms with Crippen molar-refractivity contribution in [1.82, 2.24) is 9.88 Å². The largest absolute Gasteiger partial charge is 0.371 e. The SMILES string of the molecule is CN1CCOC(c2cccc(NC(=O)c3cccnc3)c2)C1. The van der Waals surface area contributed by atoms with E-state index >= 15 is 0 Å². The number of hydrogen-bond donors (Lipinski definition) is 1. The van der Waals surface area contributed by atoms with Crippen molar-refractivity contribution in [2.75, 3.05) is 32.1 Å². The van der Waals surface area contributed by atoms with Crippen LogP contribution in [0.3, 0.4) is 0 Å². The van der Waals surface area contributed by atoms with Crippen LogP contribution >= 0.6 is 0 Å². The molecule has 2 heterocycles. The fourth-order valence-corrected chi connectivity index (χ4v) is 2.50. The van der Waals surface area contributed by atoms with Crippen molar-refractivity contribution >= 4 is 11.6 Å². The summed E-state index contributed by atoms with van der Waals surface area (Å²) < 4.78 is 5.81. The molecule has 3 rings (SSSR count). The number of anilines is 1. The van der Waals surface area contributed by atoms with Gasteiger partial charge in [0.25, 0.3) is 5.91 Å². The lowest BCUT2D eigenvalue weighted by Crippen LogP contribution is -2.35. The maximum absolute atomic E-state index is 12.2. The fourth-order valence-electron chi connectivity index (χ4n) is 2.50. The first-order valence-electron chi connectivity index (χ1n) is 7.34. The number of aromatic nitrogens is 1. The lowest BCUT2D eigenvalue weighted by molar-refractivity contribution is -0.0208. The zero-order chi connectivity index (χ0) is 15.4. The van der Waals surface area contributed by atoms with E-state index in [-0.39, 0.29) is 12.0 Å². The maximum atomic E-state index is 12.2. The van der Waals surface area contributed by atoms with Crippen molar-refractivity contribution < 1.29 is 9.53 Å². The Hall–Kier alpha value is -2.24. The second-order valence-corrected chi connectivity index (χ2v) is 5.44. The van der Waals surface area contributed by atoms with Gasteiger partial charge < -0.3 is 15.0 Å². The van der Waals surface area contributed by atoms with E-state index < -0.39 is 0 Å². The van der Waals surface area contributed by atoms with Gasteiger partial charge in [-0.1, -0.05) is 12.1 Å². The van der Waals surface area contributed by atoms with Crippen LogP contribution in [0.2, 0.25) is 0 Å². The second kappa shape index (κ2) is 6.68. The monoisotopic (exact) mass is 297 g/mol. The van der Waals surface area contributed by atoms with Crippen LogP contribution in [0.5, 0.6) is 0 Å². The van der Waals surface area contributed by atoms with Crippen LogP contribution in [-0.4, -0.2) is 42.5 Å². The van der Waals surface area contributed by atoms with Gasteiger partial charge in [-0.15, -0.1) is 0 Å². The van der Waals surface area contributed by atoms with Crippen LogP contribution in [0.15, 0.2) is 48.8 Å². The molecule has 1 aliphatic rings. The number of carbonyl (C=O) groups excluding carboxylic acids is 1. The molecule has 1 fully saturated rings. The number of likely N-dealkylation sites (N-methyl/N-ethyl adjacent to an activating group) is 1. The third kappa shape index (κ3) is 3.50. The van der Waals surface area contributed by atoms with E-state index in [1.165, 1.54) is 0 Å². The number of rotatable bonds is 3. The summed E-state index contributed by atoms with van der Waals surface area (Å²) in [6.45, 7) is 2.54. The normalized spacial score (nSPS) is 18.9. The van der Waals surface area contributed by atoms with Crippen molar-refractivity contribution in [3.8, 4) is 0 Å². The quantitative estimate of drug-likeness (QED) is 0.945. The molecule has 1 unspecified atom stereocenters. The van der Waals surface area contributed by atoms with E-state index in [0.717, 1.165) is 30.9 Å². The van der Waals surface area contributed by atoms with Crippen molar-refractivity contribution in [2.24, 2.45) is 0 Å². The molecule has 2 aromatic rings. The maximum Gasteiger partial charge on any atom is 0.257 e. The standard InChI is InChI=1S/C17H19N3O2/c1-20-8-9-22-16(12-20)13-4-2-6-15(10-13)19-17(21)14-5-3-7-18-11-14/h2-7,10-11,16H,8-9,12H2,1H3,(H,19,21). The van der Waals surface area contributed by atoms with Crippen LogP contribution in [-0.2, 0) is 4.74 Å². The zero-order valence-corrected chi connectivity index (χ0v) is 12.5. The van der Waals surface area contributed by atoms with Crippen molar-refractivity contribution in [3.63, 3.8) is 0 Å². The molecule has 1 aliphatic heterocycles. The third-order valence-corrected chi connectivity index (χ3v) is 3.71. The molecule has 1 N–H and O–H groups in total. The number of nitrogens with zero attached hydrogens (tertiary/aromatic N) is 2. The highest BCUT2D eigenvalue weighted by Gasteiger charge is 2.19. The molecule has 0 aliphatic carbocycles. The van der Waals surface area contributed by atoms with Gasteiger partial charge in [0, 0.05) is 31.2 Å². The minimum Gasteiger partial charge on any atom is -0.371 e. The first kappa shape index (κ1) is 14.7. The van der Waals surface area contributed by atoms with Gasteiger partial charge in [-0.25, -0.2) is 0 Å². The molecule has 0 bridgehead atoms. The Labute approximate surface area is 129 Å². The van der Waals surface area contributed by atoms with Crippen LogP contribution in [0.25, 0.3) is 0 Å². The number of nitrogens with one attached hydrogen (secondary N) is 1. The molecule has 22 heavy (non-hydrogen) atoms. The summed E-state index contributed by atoms with van der Waals surface area (Å²) in [5.74, 6) is -0.160. The van der Waals surface area contributed by atoms with Gasteiger partial charge in [0.1, 0.15) is 0 Å². The summed E-state index contributed by atoms with van der Waals surface area (Å²) in [6.07, 6.45) is 3.25. The number of pyridine rings is 1. The van der Waals surface area contributed by atoms with E-state index in [4.69, 9.17) is 4.74 Å². The predicted molar refractivity (Wildman–Crippen MR) is 84.8 cm³/mol. The summed E-state index contributed by atoms with van der Waals surface area (Å²) in [5, 5.41) is 2.90. The molecule has 0 radical (unpaired) electrons. The molecule has 1 amide bonds. The summed E-state index contributed by atoms with van der Waals surface area (Å²) >= 11 is 0. The number of ether oxygens (including phenoxy) is 1. The molecule has 5 nitrogen and oxygen atoms in total. The molecule has 1 aromatic heterocycles. The molecule has 1 saturated heterocycles. The van der Waals surface area contributed by atoms with Gasteiger partial charge in [-0.05, 0) is 36.9 Å². The molecular weight excluding hydrogens is 278 g/mol. The Kier molecular flexibility index (Phi) is 4.46. The molecule has 1 atom stereocenters. The van der Waals surface area contributed by atoms with Crippen LogP contribution in [0.4, 0.5) is 5.69 Å². The van der Waals surface area contributed by atoms with Gasteiger partial charge in [-0.2, -0.15) is 0 Å². The predicted octanol–water partition coefficient (Wildman–Crippen LogP) is 2.34. The number of benzene rings is 1. The number of morpholine rings is 1. The van der Waals surface area contributed by atoms with Gasteiger partial charge in [0.2, 0.25) is 0 Å². The summed E-state index contributed by atoms with van der Waals surface area (Å²) in [7, 11) is 2.09. The second-order valence-electron chi connectivity index (χ2n) is 5.44. The number of hydrogen-bond acceptors (Lipinski definition) is 4. The molecular formula is C17H19N3O2. The first-order valence-corrected chi connectivity index (χ1v) is 7.34. The third-order valence-electron chi connectivity index (χ3n) is 3.71. The van der Waals surface area contributed by atoms with Crippen molar-refractivity contribution in [1.29, 1.82) is 0 Å². The Bertz CT molecular complexity index is 645. The number of carbonyl (C=O) groups is 1. The first-order chi connectivity index (χ1) is 10.7. The van der Waals surface area contributed by atoms with Crippen LogP contribution < -0.4 is 5.32 Å². The van der Waals surface area contributed by atoms with Crippen molar-refractivity contribution in [3.05, 3.63) is 59.9 Å². The lowest BCUT2D eigenvalue weighted by Gasteiger charge is -2.30. The minimum absolute atomic E-state index is 0.0500. The van der Waals surface area contributed by atoms with Crippen LogP contribution in [0, 0.1) is 0 Å². The van der Waals surface area contributed by atoms with Crippen LogP contribution in [0.1, 0.15) is 22.0 Å². The summed E-state index contributed by atoms with van der Waals surface area (Å²) in [5.41, 5.74) is 2.39. The summed E-state index contributed by atoms with van der Waals surface area (Å²) in [4.78, 5) is 18.4. The Balaban J connectivity index is 1.72. The lowest BCUT2D eigenvalue weighted by atomic mass is 10.1. The minimum atomic E-state index is -0.160. The van der Waals surface area contributed by atoms with Gasteiger partial charge in [-0.3, -0.25) is 9.78 Å². The highest BCUT2D eigenvalue weighted by atomic mass is 16.5. The van der Waals surface area contributed by atoms with E-state index in [1.54, 1.807) is 24.5 Å². The molecule has 5 heteroatoms. The van der Waals surface area contributed by atoms with Gasteiger partial charge >= 0.3 is 0 Å². The molecule has 1 aromatic carbocycles. The van der Waals surface area contributed by atoms with E-state index in [0.29, 0.717) is 5.56 Å². The summed E-state index contributed by atoms with van der Waals surface area (Å²) in [6, 6.07) is 11.3. The highest BCUT2D eigenvalue weighted by molar-refractivity contribution is 6.04. The van der Waals surface area contributed by atoms with Gasteiger partial charge in [0.15, 0.2) is 0 Å². The smallest absolute Gasteiger partial charge is 0.257 e. The Morgan fingerprint density at radius 1 is 1.36 bits per heavy atom. The topological polar surface area (TPSA) is 54.5 Å². The molecule has 0 saturated carbocycles. The molecule has 0 spiro atoms. The van der Waals surface area contributed by atoms with E-state index in [9.17, 15) is 4.79 Å². The number of amides is 1. The zero-order valence-electron chi connectivity index (χ0n) is 12.5. The van der Waals surface area contributed by atoms with Gasteiger partial charge in [0.05, 0.1) is 18.3 Å². The Morgan fingerprint density at radius 3 is 3.05 bits per heavy atom. The average molecular weight is 297 g/mol. The highest BCUT2D eigenvalue weighted by Crippen LogP contribution is 2.24. The van der Waals surface area contributed by atoms with Crippen molar-refractivity contribution in [2.45, 2.75) is 6.10 Å². The fraction of sp³-hybridized carbons (Fsp3) is 0.294. The average Bonchev–Trinajstić information content (AvgIpc) is 2.56.